The molecule has 1 amide bonds. The van der Waals surface area contributed by atoms with Crippen LogP contribution in [-0.2, 0) is 5.41 Å². The van der Waals surface area contributed by atoms with Gasteiger partial charge in [-0.05, 0) is 67.1 Å². The highest BCUT2D eigenvalue weighted by atomic mass is 16.1. The van der Waals surface area contributed by atoms with Gasteiger partial charge in [0.2, 0.25) is 0 Å². The van der Waals surface area contributed by atoms with Crippen molar-refractivity contribution in [2.75, 3.05) is 11.9 Å². The third kappa shape index (κ3) is 4.76. The molecule has 2 N–H and O–H groups in total. The quantitative estimate of drug-likeness (QED) is 0.583. The Labute approximate surface area is 173 Å². The second-order valence-corrected chi connectivity index (χ2v) is 8.68. The fourth-order valence-corrected chi connectivity index (χ4v) is 3.43. The van der Waals surface area contributed by atoms with E-state index in [0.29, 0.717) is 5.56 Å². The van der Waals surface area contributed by atoms with Crippen molar-refractivity contribution >= 4 is 22.5 Å². The number of carbonyl (C=O) groups excluding carboxylic acids is 1. The molecular formula is C25H31N3O. The molecule has 3 rings (SSSR count). The summed E-state index contributed by atoms with van der Waals surface area (Å²) >= 11 is 0. The van der Waals surface area contributed by atoms with E-state index in [4.69, 9.17) is 0 Å². The molecule has 0 saturated carbocycles. The van der Waals surface area contributed by atoms with E-state index in [2.05, 4.69) is 80.6 Å². The molecule has 0 saturated heterocycles. The van der Waals surface area contributed by atoms with Crippen LogP contribution in [0, 0.1) is 6.92 Å². The summed E-state index contributed by atoms with van der Waals surface area (Å²) in [5, 5.41) is 7.44. The van der Waals surface area contributed by atoms with Crippen LogP contribution in [0.15, 0.2) is 48.7 Å². The summed E-state index contributed by atoms with van der Waals surface area (Å²) < 4.78 is 0. The van der Waals surface area contributed by atoms with Crippen LogP contribution in [0.3, 0.4) is 0 Å². The van der Waals surface area contributed by atoms with Gasteiger partial charge in [-0.3, -0.25) is 9.78 Å². The molecule has 0 fully saturated rings. The Kier molecular flexibility index (Phi) is 5.92. The molecule has 29 heavy (non-hydrogen) atoms. The molecular weight excluding hydrogens is 358 g/mol. The number of aromatic nitrogens is 1. The van der Waals surface area contributed by atoms with Crippen molar-refractivity contribution in [1.82, 2.24) is 10.3 Å². The molecule has 0 radical (unpaired) electrons. The molecule has 152 valence electrons. The third-order valence-electron chi connectivity index (χ3n) is 5.27. The second-order valence-electron chi connectivity index (χ2n) is 8.68. The van der Waals surface area contributed by atoms with E-state index < -0.39 is 0 Å². The average Bonchev–Trinajstić information content (AvgIpc) is 2.68. The Balaban J connectivity index is 1.81. The van der Waals surface area contributed by atoms with Gasteiger partial charge in [0.25, 0.3) is 5.91 Å². The molecule has 0 bridgehead atoms. The zero-order valence-electron chi connectivity index (χ0n) is 18.3. The van der Waals surface area contributed by atoms with Crippen LogP contribution >= 0.6 is 0 Å². The molecule has 4 nitrogen and oxygen atoms in total. The number of fused-ring (bicyclic) bond motifs is 1. The molecule has 0 spiro atoms. The topological polar surface area (TPSA) is 54.0 Å². The fourth-order valence-electron chi connectivity index (χ4n) is 3.43. The normalized spacial score (nSPS) is 12.6. The highest BCUT2D eigenvalue weighted by Crippen LogP contribution is 2.26. The summed E-state index contributed by atoms with van der Waals surface area (Å²) in [5.74, 6) is -0.110. The number of carbonyl (C=O) groups is 1. The predicted molar refractivity (Wildman–Crippen MR) is 122 cm³/mol. The van der Waals surface area contributed by atoms with Crippen LogP contribution in [-0.4, -0.2) is 17.4 Å². The summed E-state index contributed by atoms with van der Waals surface area (Å²) in [6, 6.07) is 14.4. The van der Waals surface area contributed by atoms with Gasteiger partial charge in [-0.1, -0.05) is 39.0 Å². The van der Waals surface area contributed by atoms with Gasteiger partial charge in [-0.25, -0.2) is 0 Å². The number of pyridine rings is 1. The number of hydrogen-bond donors (Lipinski definition) is 2. The summed E-state index contributed by atoms with van der Waals surface area (Å²) in [6.07, 6.45) is 1.65. The Morgan fingerprint density at radius 2 is 1.86 bits per heavy atom. The Hall–Kier alpha value is -2.88. The molecule has 4 heteroatoms. The molecule has 0 unspecified atom stereocenters. The zero-order valence-corrected chi connectivity index (χ0v) is 18.3. The molecule has 0 aliphatic rings. The first-order chi connectivity index (χ1) is 13.7. The highest BCUT2D eigenvalue weighted by molar-refractivity contribution is 5.97. The highest BCUT2D eigenvalue weighted by Gasteiger charge is 2.16. The first-order valence-electron chi connectivity index (χ1n) is 10.2. The van der Waals surface area contributed by atoms with Gasteiger partial charge in [-0.15, -0.1) is 0 Å². The lowest BCUT2D eigenvalue weighted by molar-refractivity contribution is 0.0939. The maximum Gasteiger partial charge on any atom is 0.253 e. The molecule has 2 aromatic carbocycles. The zero-order chi connectivity index (χ0) is 21.2. The van der Waals surface area contributed by atoms with Crippen molar-refractivity contribution in [3.63, 3.8) is 0 Å². The SMILES string of the molecule is CCNc1ccc([C@@H](C)NC(=O)c2cnc3ccc(C(C)(C)C)cc3c2)cc1C. The van der Waals surface area contributed by atoms with Crippen molar-refractivity contribution < 1.29 is 4.79 Å². The van der Waals surface area contributed by atoms with Crippen molar-refractivity contribution in [1.29, 1.82) is 0 Å². The van der Waals surface area contributed by atoms with E-state index in [1.165, 1.54) is 11.1 Å². The van der Waals surface area contributed by atoms with Gasteiger partial charge < -0.3 is 10.6 Å². The predicted octanol–water partition coefficient (Wildman–Crippen LogP) is 5.76. The lowest BCUT2D eigenvalue weighted by atomic mass is 9.86. The van der Waals surface area contributed by atoms with E-state index in [0.717, 1.165) is 28.7 Å². The largest absolute Gasteiger partial charge is 0.385 e. The van der Waals surface area contributed by atoms with Crippen molar-refractivity contribution in [2.24, 2.45) is 0 Å². The maximum absolute atomic E-state index is 12.8. The maximum atomic E-state index is 12.8. The third-order valence-corrected chi connectivity index (χ3v) is 5.27. The standard InChI is InChI=1S/C25H31N3O/c1-7-26-22-10-8-18(12-16(22)2)17(3)28-24(29)20-13-19-14-21(25(4,5)6)9-11-23(19)27-15-20/h8-15,17,26H,7H2,1-6H3,(H,28,29)/t17-/m1/s1. The average molecular weight is 390 g/mol. The minimum atomic E-state index is -0.110. The van der Waals surface area contributed by atoms with Crippen molar-refractivity contribution in [3.05, 3.63) is 70.9 Å². The molecule has 0 aliphatic carbocycles. The molecule has 1 atom stereocenters. The number of nitrogens with zero attached hydrogens (tertiary/aromatic N) is 1. The van der Waals surface area contributed by atoms with E-state index in [9.17, 15) is 4.79 Å². The first-order valence-corrected chi connectivity index (χ1v) is 10.2. The summed E-state index contributed by atoms with van der Waals surface area (Å²) in [5.41, 5.74) is 6.15. The number of amides is 1. The van der Waals surface area contributed by atoms with Gasteiger partial charge in [-0.2, -0.15) is 0 Å². The Morgan fingerprint density at radius 3 is 2.52 bits per heavy atom. The molecule has 1 heterocycles. The van der Waals surface area contributed by atoms with E-state index in [-0.39, 0.29) is 17.4 Å². The van der Waals surface area contributed by atoms with E-state index >= 15 is 0 Å². The van der Waals surface area contributed by atoms with Gasteiger partial charge in [0, 0.05) is 23.8 Å². The van der Waals surface area contributed by atoms with Crippen LogP contribution in [0.4, 0.5) is 5.69 Å². The monoisotopic (exact) mass is 389 g/mol. The van der Waals surface area contributed by atoms with Crippen LogP contribution in [0.1, 0.15) is 67.7 Å². The fraction of sp³-hybridized carbons (Fsp3) is 0.360. The number of rotatable bonds is 5. The minimum absolute atomic E-state index is 0.0532. The van der Waals surface area contributed by atoms with Crippen LogP contribution in [0.2, 0.25) is 0 Å². The van der Waals surface area contributed by atoms with Gasteiger partial charge in [0.05, 0.1) is 17.1 Å². The number of hydrogen-bond acceptors (Lipinski definition) is 3. The summed E-state index contributed by atoms with van der Waals surface area (Å²) in [4.78, 5) is 17.3. The van der Waals surface area contributed by atoms with Crippen LogP contribution in [0.25, 0.3) is 10.9 Å². The Bertz CT molecular complexity index is 1030. The lowest BCUT2D eigenvalue weighted by Crippen LogP contribution is -2.26. The first kappa shape index (κ1) is 20.8. The van der Waals surface area contributed by atoms with Gasteiger partial charge in [0.1, 0.15) is 0 Å². The summed E-state index contributed by atoms with van der Waals surface area (Å²) in [7, 11) is 0. The van der Waals surface area contributed by atoms with E-state index in [1.54, 1.807) is 6.20 Å². The number of benzene rings is 2. The number of nitrogens with one attached hydrogen (secondary N) is 2. The van der Waals surface area contributed by atoms with Crippen LogP contribution in [0.5, 0.6) is 0 Å². The minimum Gasteiger partial charge on any atom is -0.385 e. The Morgan fingerprint density at radius 1 is 1.10 bits per heavy atom. The van der Waals surface area contributed by atoms with Crippen molar-refractivity contribution in [3.8, 4) is 0 Å². The molecule has 3 aromatic rings. The number of anilines is 1. The van der Waals surface area contributed by atoms with Gasteiger partial charge >= 0.3 is 0 Å². The number of aryl methyl sites for hydroxylation is 1. The van der Waals surface area contributed by atoms with Crippen molar-refractivity contribution in [2.45, 2.75) is 53.0 Å². The smallest absolute Gasteiger partial charge is 0.253 e. The molecule has 0 aliphatic heterocycles. The second kappa shape index (κ2) is 8.24. The van der Waals surface area contributed by atoms with Crippen LogP contribution < -0.4 is 10.6 Å². The summed E-state index contributed by atoms with van der Waals surface area (Å²) in [6.45, 7) is 13.6. The van der Waals surface area contributed by atoms with E-state index in [1.807, 2.05) is 19.1 Å². The molecule has 1 aromatic heterocycles. The van der Waals surface area contributed by atoms with Gasteiger partial charge in [0.15, 0.2) is 0 Å². The lowest BCUT2D eigenvalue weighted by Gasteiger charge is -2.19.